The Balaban J connectivity index is 2.31. The first kappa shape index (κ1) is 17.9. The van der Waals surface area contributed by atoms with Gasteiger partial charge in [-0.1, -0.05) is 26.0 Å². The second-order valence-electron chi connectivity index (χ2n) is 5.33. The first-order valence-corrected chi connectivity index (χ1v) is 7.20. The van der Waals surface area contributed by atoms with Crippen LogP contribution in [0.25, 0.3) is 0 Å². The Morgan fingerprint density at radius 1 is 0.917 bits per heavy atom. The third kappa shape index (κ3) is 3.25. The fourth-order valence-corrected chi connectivity index (χ4v) is 2.13. The molecule has 24 heavy (non-hydrogen) atoms. The summed E-state index contributed by atoms with van der Waals surface area (Å²) in [7, 11) is 0. The maximum absolute atomic E-state index is 13.6. The SMILES string of the molecule is CC[C@@H](C)c1ccc(NC(=O)c2c(F)c(F)c(F)c(F)c2F)cc1. The quantitative estimate of drug-likeness (QED) is 0.464. The molecule has 7 heteroatoms. The van der Waals surface area contributed by atoms with E-state index in [4.69, 9.17) is 0 Å². The lowest BCUT2D eigenvalue weighted by Crippen LogP contribution is -2.19. The van der Waals surface area contributed by atoms with Gasteiger partial charge in [-0.2, -0.15) is 0 Å². The molecule has 128 valence electrons. The number of halogens is 5. The highest BCUT2D eigenvalue weighted by Gasteiger charge is 2.29. The summed E-state index contributed by atoms with van der Waals surface area (Å²) in [6.07, 6.45) is 0.899. The molecule has 2 aromatic carbocycles. The number of anilines is 1. The summed E-state index contributed by atoms with van der Waals surface area (Å²) in [6, 6.07) is 6.40. The van der Waals surface area contributed by atoms with Gasteiger partial charge in [-0.25, -0.2) is 22.0 Å². The predicted molar refractivity (Wildman–Crippen MR) is 79.3 cm³/mol. The molecule has 0 aromatic heterocycles. The molecule has 0 saturated heterocycles. The normalized spacial score (nSPS) is 12.1. The van der Waals surface area contributed by atoms with Crippen molar-refractivity contribution in [3.05, 3.63) is 64.5 Å². The van der Waals surface area contributed by atoms with Crippen LogP contribution in [0.5, 0.6) is 0 Å². The molecule has 1 atom stereocenters. The average molecular weight is 343 g/mol. The highest BCUT2D eigenvalue weighted by molar-refractivity contribution is 6.04. The molecular formula is C17H14F5NO. The molecule has 0 aliphatic heterocycles. The van der Waals surface area contributed by atoms with Crippen molar-refractivity contribution in [1.29, 1.82) is 0 Å². The molecule has 0 aliphatic rings. The van der Waals surface area contributed by atoms with E-state index in [0.29, 0.717) is 0 Å². The summed E-state index contributed by atoms with van der Waals surface area (Å²) in [5.41, 5.74) is -0.347. The number of carbonyl (C=O) groups is 1. The van der Waals surface area contributed by atoms with Crippen molar-refractivity contribution < 1.29 is 26.7 Å². The van der Waals surface area contributed by atoms with E-state index in [1.807, 2.05) is 13.8 Å². The molecular weight excluding hydrogens is 329 g/mol. The number of hydrogen-bond donors (Lipinski definition) is 1. The van der Waals surface area contributed by atoms with Crippen molar-refractivity contribution in [3.63, 3.8) is 0 Å². The van der Waals surface area contributed by atoms with Crippen LogP contribution in [0, 0.1) is 29.1 Å². The Bertz CT molecular complexity index is 745. The summed E-state index contributed by atoms with van der Waals surface area (Å²) in [6.45, 7) is 4.01. The molecule has 1 N–H and O–H groups in total. The van der Waals surface area contributed by atoms with Crippen molar-refractivity contribution in [2.45, 2.75) is 26.2 Å². The van der Waals surface area contributed by atoms with E-state index in [-0.39, 0.29) is 11.6 Å². The average Bonchev–Trinajstić information content (AvgIpc) is 2.58. The van der Waals surface area contributed by atoms with Gasteiger partial charge in [0.05, 0.1) is 0 Å². The van der Waals surface area contributed by atoms with E-state index < -0.39 is 40.6 Å². The lowest BCUT2D eigenvalue weighted by atomic mass is 9.98. The van der Waals surface area contributed by atoms with Crippen LogP contribution >= 0.6 is 0 Å². The molecule has 0 bridgehead atoms. The van der Waals surface area contributed by atoms with Crippen molar-refractivity contribution >= 4 is 11.6 Å². The molecule has 0 aliphatic carbocycles. The third-order valence-corrected chi connectivity index (χ3v) is 3.79. The van der Waals surface area contributed by atoms with Gasteiger partial charge >= 0.3 is 0 Å². The van der Waals surface area contributed by atoms with Gasteiger partial charge in [0, 0.05) is 5.69 Å². The van der Waals surface area contributed by atoms with Crippen molar-refractivity contribution in [1.82, 2.24) is 0 Å². The predicted octanol–water partition coefficient (Wildman–Crippen LogP) is 5.15. The first-order chi connectivity index (χ1) is 11.3. The first-order valence-electron chi connectivity index (χ1n) is 7.20. The van der Waals surface area contributed by atoms with Gasteiger partial charge in [0.2, 0.25) is 5.82 Å². The molecule has 1 amide bonds. The second-order valence-corrected chi connectivity index (χ2v) is 5.33. The zero-order valence-corrected chi connectivity index (χ0v) is 12.9. The molecule has 0 saturated carbocycles. The molecule has 0 spiro atoms. The maximum Gasteiger partial charge on any atom is 0.261 e. The number of nitrogens with one attached hydrogen (secondary N) is 1. The van der Waals surface area contributed by atoms with E-state index >= 15 is 0 Å². The topological polar surface area (TPSA) is 29.1 Å². The number of hydrogen-bond acceptors (Lipinski definition) is 1. The smallest absolute Gasteiger partial charge is 0.261 e. The minimum atomic E-state index is -2.31. The van der Waals surface area contributed by atoms with Crippen LogP contribution in [-0.4, -0.2) is 5.91 Å². The minimum Gasteiger partial charge on any atom is -0.322 e. The molecule has 0 heterocycles. The lowest BCUT2D eigenvalue weighted by molar-refractivity contribution is 0.101. The minimum absolute atomic E-state index is 0.177. The van der Waals surface area contributed by atoms with Gasteiger partial charge in [-0.05, 0) is 30.0 Å². The second kappa shape index (κ2) is 6.98. The zero-order valence-electron chi connectivity index (χ0n) is 12.9. The summed E-state index contributed by atoms with van der Waals surface area (Å²) in [4.78, 5) is 11.9. The lowest BCUT2D eigenvalue weighted by Gasteiger charge is -2.11. The molecule has 2 aromatic rings. The van der Waals surface area contributed by atoms with E-state index in [1.165, 1.54) is 12.1 Å². The number of carbonyl (C=O) groups excluding carboxylic acids is 1. The van der Waals surface area contributed by atoms with Gasteiger partial charge in [-0.3, -0.25) is 4.79 Å². The van der Waals surface area contributed by atoms with E-state index in [0.717, 1.165) is 12.0 Å². The van der Waals surface area contributed by atoms with Crippen LogP contribution in [0.1, 0.15) is 42.1 Å². The Morgan fingerprint density at radius 3 is 1.83 bits per heavy atom. The molecule has 2 rings (SSSR count). The van der Waals surface area contributed by atoms with Crippen LogP contribution in [0.15, 0.2) is 24.3 Å². The number of benzene rings is 2. The van der Waals surface area contributed by atoms with E-state index in [9.17, 15) is 26.7 Å². The summed E-state index contributed by atoms with van der Waals surface area (Å²) < 4.78 is 66.4. The van der Waals surface area contributed by atoms with Gasteiger partial charge in [-0.15, -0.1) is 0 Å². The summed E-state index contributed by atoms with van der Waals surface area (Å²) >= 11 is 0. The number of rotatable bonds is 4. The van der Waals surface area contributed by atoms with Crippen molar-refractivity contribution in [3.8, 4) is 0 Å². The van der Waals surface area contributed by atoms with Gasteiger partial charge in [0.15, 0.2) is 23.3 Å². The Kier molecular flexibility index (Phi) is 5.21. The largest absolute Gasteiger partial charge is 0.322 e. The van der Waals surface area contributed by atoms with Gasteiger partial charge in [0.25, 0.3) is 5.91 Å². The Hall–Kier alpha value is -2.44. The highest BCUT2D eigenvalue weighted by Crippen LogP contribution is 2.25. The molecule has 0 radical (unpaired) electrons. The fraction of sp³-hybridized carbons (Fsp3) is 0.235. The van der Waals surface area contributed by atoms with E-state index in [2.05, 4.69) is 5.32 Å². The van der Waals surface area contributed by atoms with Gasteiger partial charge < -0.3 is 5.32 Å². The summed E-state index contributed by atoms with van der Waals surface area (Å²) in [5, 5.41) is 2.12. The molecule has 0 unspecified atom stereocenters. The fourth-order valence-electron chi connectivity index (χ4n) is 2.13. The monoisotopic (exact) mass is 343 g/mol. The van der Waals surface area contributed by atoms with Crippen LogP contribution in [0.2, 0.25) is 0 Å². The Morgan fingerprint density at radius 2 is 1.38 bits per heavy atom. The standard InChI is InChI=1S/C17H14F5NO/c1-3-8(2)9-4-6-10(7-5-9)23-17(24)11-12(18)14(20)16(22)15(21)13(11)19/h4-8H,3H2,1-2H3,(H,23,24)/t8-/m1/s1. The van der Waals surface area contributed by atoms with Crippen LogP contribution < -0.4 is 5.32 Å². The van der Waals surface area contributed by atoms with Crippen LogP contribution in [0.4, 0.5) is 27.6 Å². The third-order valence-electron chi connectivity index (χ3n) is 3.79. The Labute approximate surface area is 135 Å². The molecule has 0 fully saturated rings. The molecule has 2 nitrogen and oxygen atoms in total. The van der Waals surface area contributed by atoms with Crippen LogP contribution in [0.3, 0.4) is 0 Å². The van der Waals surface area contributed by atoms with Crippen molar-refractivity contribution in [2.75, 3.05) is 5.32 Å². The maximum atomic E-state index is 13.6. The number of amides is 1. The van der Waals surface area contributed by atoms with Gasteiger partial charge in [0.1, 0.15) is 5.56 Å². The highest BCUT2D eigenvalue weighted by atomic mass is 19.2. The van der Waals surface area contributed by atoms with E-state index in [1.54, 1.807) is 12.1 Å². The van der Waals surface area contributed by atoms with Crippen molar-refractivity contribution in [2.24, 2.45) is 0 Å². The van der Waals surface area contributed by atoms with Crippen LogP contribution in [-0.2, 0) is 0 Å². The summed E-state index contributed by atoms with van der Waals surface area (Å²) in [5.74, 6) is -12.1. The zero-order chi connectivity index (χ0) is 18.0.